The molecule has 1 unspecified atom stereocenters. The molecule has 0 aromatic heterocycles. The van der Waals surface area contributed by atoms with Crippen molar-refractivity contribution in [3.8, 4) is 23.0 Å². The minimum atomic E-state index is -0.614. The van der Waals surface area contributed by atoms with Gasteiger partial charge in [-0.3, -0.25) is 4.79 Å². The van der Waals surface area contributed by atoms with Gasteiger partial charge in [0, 0.05) is 6.54 Å². The van der Waals surface area contributed by atoms with Crippen LogP contribution in [0.15, 0.2) is 42.5 Å². The zero-order valence-corrected chi connectivity index (χ0v) is 22.0. The largest absolute Gasteiger partial charge is 0.497 e. The zero-order chi connectivity index (χ0) is 26.7. The molecule has 0 spiro atoms. The van der Waals surface area contributed by atoms with E-state index in [9.17, 15) is 9.59 Å². The van der Waals surface area contributed by atoms with E-state index in [1.807, 2.05) is 18.2 Å². The SMILES string of the molecule is COC(=O)CO[C@H](c1ccc2c(c1)OCCO2)C(CN1CCCC1)NC(=O)CCOc1ccc(OC)cc1. The topological polar surface area (TPSA) is 105 Å². The first kappa shape index (κ1) is 27.5. The Morgan fingerprint density at radius 1 is 0.974 bits per heavy atom. The molecule has 2 aromatic carbocycles. The molecule has 2 aromatic rings. The van der Waals surface area contributed by atoms with Crippen LogP contribution in [0.1, 0.15) is 30.9 Å². The maximum absolute atomic E-state index is 13.1. The van der Waals surface area contributed by atoms with Gasteiger partial charge < -0.3 is 38.6 Å². The molecule has 2 aliphatic heterocycles. The summed E-state index contributed by atoms with van der Waals surface area (Å²) in [7, 11) is 2.92. The lowest BCUT2D eigenvalue weighted by Gasteiger charge is -2.32. The van der Waals surface area contributed by atoms with E-state index in [-0.39, 0.29) is 25.5 Å². The van der Waals surface area contributed by atoms with E-state index in [1.165, 1.54) is 7.11 Å². The quantitative estimate of drug-likeness (QED) is 0.393. The molecule has 4 rings (SSSR count). The number of nitrogens with one attached hydrogen (secondary N) is 1. The third-order valence-corrected chi connectivity index (χ3v) is 6.53. The number of nitrogens with zero attached hydrogens (tertiary/aromatic N) is 1. The Hall–Kier alpha value is -3.50. The number of hydrogen-bond donors (Lipinski definition) is 1. The second-order valence-corrected chi connectivity index (χ2v) is 9.17. The molecule has 0 saturated carbocycles. The highest BCUT2D eigenvalue weighted by Crippen LogP contribution is 2.35. The predicted molar refractivity (Wildman–Crippen MR) is 139 cm³/mol. The summed E-state index contributed by atoms with van der Waals surface area (Å²) in [5.74, 6) is 1.99. The number of fused-ring (bicyclic) bond motifs is 1. The fraction of sp³-hybridized carbons (Fsp3) is 0.500. The van der Waals surface area contributed by atoms with Crippen LogP contribution in [0.3, 0.4) is 0 Å². The highest BCUT2D eigenvalue weighted by molar-refractivity contribution is 5.76. The number of carbonyl (C=O) groups is 2. The van der Waals surface area contributed by atoms with E-state index in [4.69, 9.17) is 28.4 Å². The minimum Gasteiger partial charge on any atom is -0.497 e. The smallest absolute Gasteiger partial charge is 0.331 e. The van der Waals surface area contributed by atoms with Gasteiger partial charge >= 0.3 is 5.97 Å². The van der Waals surface area contributed by atoms with E-state index in [2.05, 4.69) is 10.2 Å². The highest BCUT2D eigenvalue weighted by Gasteiger charge is 2.30. The van der Waals surface area contributed by atoms with Gasteiger partial charge in [-0.15, -0.1) is 0 Å². The third-order valence-electron chi connectivity index (χ3n) is 6.53. The minimum absolute atomic E-state index is 0.160. The summed E-state index contributed by atoms with van der Waals surface area (Å²) < 4.78 is 33.2. The van der Waals surface area contributed by atoms with Crippen LogP contribution in [0.2, 0.25) is 0 Å². The van der Waals surface area contributed by atoms with Gasteiger partial charge in [-0.2, -0.15) is 0 Å². The predicted octanol–water partition coefficient (Wildman–Crippen LogP) is 2.75. The number of rotatable bonds is 13. The lowest BCUT2D eigenvalue weighted by Crippen LogP contribution is -2.48. The zero-order valence-electron chi connectivity index (χ0n) is 22.0. The molecule has 1 N–H and O–H groups in total. The summed E-state index contributed by atoms with van der Waals surface area (Å²) in [6.07, 6.45) is 1.76. The number of amides is 1. The summed E-state index contributed by atoms with van der Waals surface area (Å²) in [5, 5.41) is 3.14. The number of likely N-dealkylation sites (tertiary alicyclic amines) is 1. The van der Waals surface area contributed by atoms with Crippen LogP contribution in [0.25, 0.3) is 0 Å². The normalized spacial score (nSPS) is 16.4. The molecule has 1 fully saturated rings. The Morgan fingerprint density at radius 3 is 2.39 bits per heavy atom. The van der Waals surface area contributed by atoms with Gasteiger partial charge in [0.05, 0.1) is 33.3 Å². The fourth-order valence-electron chi connectivity index (χ4n) is 4.57. The van der Waals surface area contributed by atoms with Crippen molar-refractivity contribution in [2.45, 2.75) is 31.4 Å². The Balaban J connectivity index is 1.47. The molecular formula is C28H36N2O8. The van der Waals surface area contributed by atoms with Crippen LogP contribution in [0.4, 0.5) is 0 Å². The monoisotopic (exact) mass is 528 g/mol. The molecule has 10 nitrogen and oxygen atoms in total. The summed E-state index contributed by atoms with van der Waals surface area (Å²) in [5.41, 5.74) is 0.775. The first-order chi connectivity index (χ1) is 18.6. The second kappa shape index (κ2) is 13.9. The molecule has 0 radical (unpaired) electrons. The molecule has 2 aliphatic rings. The van der Waals surface area contributed by atoms with Crippen molar-refractivity contribution in [2.24, 2.45) is 0 Å². The molecule has 38 heavy (non-hydrogen) atoms. The van der Waals surface area contributed by atoms with Crippen LogP contribution in [0, 0.1) is 0 Å². The van der Waals surface area contributed by atoms with Gasteiger partial charge in [0.25, 0.3) is 0 Å². The van der Waals surface area contributed by atoms with Crippen molar-refractivity contribution in [3.63, 3.8) is 0 Å². The molecule has 10 heteroatoms. The molecule has 1 amide bonds. The average Bonchev–Trinajstić information content (AvgIpc) is 3.46. The van der Waals surface area contributed by atoms with E-state index >= 15 is 0 Å². The first-order valence-corrected chi connectivity index (χ1v) is 12.9. The maximum atomic E-state index is 13.1. The number of esters is 1. The Bertz CT molecular complexity index is 1060. The Kier molecular flexibility index (Phi) is 10.1. The number of methoxy groups -OCH3 is 2. The van der Waals surface area contributed by atoms with Crippen LogP contribution in [-0.4, -0.2) is 83.1 Å². The van der Waals surface area contributed by atoms with Crippen molar-refractivity contribution in [2.75, 3.05) is 60.3 Å². The van der Waals surface area contributed by atoms with Gasteiger partial charge in [-0.25, -0.2) is 4.79 Å². The maximum Gasteiger partial charge on any atom is 0.331 e. The molecule has 0 aliphatic carbocycles. The van der Waals surface area contributed by atoms with Crippen LogP contribution in [0.5, 0.6) is 23.0 Å². The third kappa shape index (κ3) is 7.75. The van der Waals surface area contributed by atoms with Crippen molar-refractivity contribution < 1.29 is 38.0 Å². The van der Waals surface area contributed by atoms with Gasteiger partial charge in [0.2, 0.25) is 5.91 Å². The standard InChI is InChI=1S/C28H36N2O8/c1-33-21-6-8-22(9-7-21)35-14-11-26(31)29-23(18-30-12-3-4-13-30)28(38-19-27(32)34-2)20-5-10-24-25(17-20)37-16-15-36-24/h5-10,17,23,28H,3-4,11-16,18-19H2,1-2H3,(H,29,31)/t23?,28-/m1/s1. The summed E-state index contributed by atoms with van der Waals surface area (Å²) in [4.78, 5) is 27.3. The number of ether oxygens (including phenoxy) is 6. The summed E-state index contributed by atoms with van der Waals surface area (Å²) in [6, 6.07) is 12.3. The van der Waals surface area contributed by atoms with Gasteiger partial charge in [0.1, 0.15) is 37.4 Å². The number of hydrogen-bond acceptors (Lipinski definition) is 9. The molecule has 2 atom stereocenters. The Labute approximate surface area is 223 Å². The highest BCUT2D eigenvalue weighted by atomic mass is 16.6. The Morgan fingerprint density at radius 2 is 1.68 bits per heavy atom. The summed E-state index contributed by atoms with van der Waals surface area (Å²) in [6.45, 7) is 3.36. The van der Waals surface area contributed by atoms with Crippen molar-refractivity contribution in [1.82, 2.24) is 10.2 Å². The molecular weight excluding hydrogens is 492 g/mol. The van der Waals surface area contributed by atoms with Gasteiger partial charge in [-0.1, -0.05) is 6.07 Å². The van der Waals surface area contributed by atoms with E-state index < -0.39 is 18.1 Å². The first-order valence-electron chi connectivity index (χ1n) is 12.9. The summed E-state index contributed by atoms with van der Waals surface area (Å²) >= 11 is 0. The van der Waals surface area contributed by atoms with E-state index in [0.717, 1.165) is 37.2 Å². The number of benzene rings is 2. The lowest BCUT2D eigenvalue weighted by atomic mass is 10.00. The fourth-order valence-corrected chi connectivity index (χ4v) is 4.57. The van der Waals surface area contributed by atoms with Crippen molar-refractivity contribution in [3.05, 3.63) is 48.0 Å². The number of carbonyl (C=O) groups excluding carboxylic acids is 2. The van der Waals surface area contributed by atoms with Crippen LogP contribution < -0.4 is 24.3 Å². The second-order valence-electron chi connectivity index (χ2n) is 9.17. The molecule has 1 saturated heterocycles. The van der Waals surface area contributed by atoms with Crippen molar-refractivity contribution >= 4 is 11.9 Å². The molecule has 0 bridgehead atoms. The lowest BCUT2D eigenvalue weighted by molar-refractivity contribution is -0.149. The van der Waals surface area contributed by atoms with Gasteiger partial charge in [-0.05, 0) is 67.9 Å². The molecule has 2 heterocycles. The van der Waals surface area contributed by atoms with Crippen LogP contribution in [-0.2, 0) is 19.1 Å². The molecule has 206 valence electrons. The van der Waals surface area contributed by atoms with Gasteiger partial charge in [0.15, 0.2) is 11.5 Å². The van der Waals surface area contributed by atoms with E-state index in [1.54, 1.807) is 31.4 Å². The van der Waals surface area contributed by atoms with E-state index in [0.29, 0.717) is 37.0 Å². The average molecular weight is 529 g/mol. The van der Waals surface area contributed by atoms with Crippen molar-refractivity contribution in [1.29, 1.82) is 0 Å². The van der Waals surface area contributed by atoms with Crippen LogP contribution >= 0.6 is 0 Å².